The van der Waals surface area contributed by atoms with Crippen LogP contribution >= 0.6 is 0 Å². The molecule has 8 heteroatoms. The molecule has 1 aromatic rings. The summed E-state index contributed by atoms with van der Waals surface area (Å²) in [5, 5.41) is 16.1. The van der Waals surface area contributed by atoms with Gasteiger partial charge in [0.05, 0.1) is 36.4 Å². The molecule has 4 aliphatic rings. The molecule has 3 fully saturated rings. The van der Waals surface area contributed by atoms with Gasteiger partial charge in [-0.1, -0.05) is 0 Å². The highest BCUT2D eigenvalue weighted by Crippen LogP contribution is 2.44. The number of hydrogen-bond acceptors (Lipinski definition) is 7. The van der Waals surface area contributed by atoms with Crippen LogP contribution in [0.4, 0.5) is 5.69 Å². The number of rotatable bonds is 5. The second-order valence-corrected chi connectivity index (χ2v) is 6.66. The molecule has 0 saturated carbocycles. The third kappa shape index (κ3) is 2.52. The zero-order valence-corrected chi connectivity index (χ0v) is 14.4. The monoisotopic (exact) mass is 346 g/mol. The van der Waals surface area contributed by atoms with Crippen LogP contribution in [0.1, 0.15) is 31.4 Å². The topological polar surface area (TPSA) is 89.2 Å². The summed E-state index contributed by atoms with van der Waals surface area (Å²) in [7, 11) is 1.50. The van der Waals surface area contributed by atoms with Crippen LogP contribution in [0, 0.1) is 16.0 Å². The smallest absolute Gasteiger partial charge is 0.315 e. The minimum Gasteiger partial charge on any atom is -0.493 e. The first-order valence-electron chi connectivity index (χ1n) is 8.70. The summed E-state index contributed by atoms with van der Waals surface area (Å²) in [6.07, 6.45) is 2.30. The summed E-state index contributed by atoms with van der Waals surface area (Å²) in [5.74, 6) is 1.10. The highest BCUT2D eigenvalue weighted by atomic mass is 16.6. The molecule has 4 aliphatic heterocycles. The molecule has 25 heavy (non-hydrogen) atoms. The van der Waals surface area contributed by atoms with Gasteiger partial charge in [0.15, 0.2) is 5.75 Å². The van der Waals surface area contributed by atoms with Crippen LogP contribution < -0.4 is 14.9 Å². The Morgan fingerprint density at radius 1 is 1.40 bits per heavy atom. The van der Waals surface area contributed by atoms with E-state index in [1.165, 1.54) is 12.8 Å². The van der Waals surface area contributed by atoms with Crippen molar-refractivity contribution in [1.82, 2.24) is 10.3 Å². The molecular weight excluding hydrogens is 324 g/mol. The van der Waals surface area contributed by atoms with Crippen LogP contribution in [0.2, 0.25) is 0 Å². The normalized spacial score (nSPS) is 29.6. The third-order valence-electron chi connectivity index (χ3n) is 5.41. The van der Waals surface area contributed by atoms with Gasteiger partial charge < -0.3 is 14.9 Å². The number of hydrazone groups is 1. The van der Waals surface area contributed by atoms with Gasteiger partial charge in [-0.2, -0.15) is 5.10 Å². The van der Waals surface area contributed by atoms with Crippen molar-refractivity contribution in [3.05, 3.63) is 27.8 Å². The Bertz CT molecular complexity index is 728. The van der Waals surface area contributed by atoms with Gasteiger partial charge in [0.2, 0.25) is 5.75 Å². The molecule has 0 spiro atoms. The first kappa shape index (κ1) is 16.1. The maximum absolute atomic E-state index is 11.6. The summed E-state index contributed by atoms with van der Waals surface area (Å²) in [6.45, 7) is 4.25. The van der Waals surface area contributed by atoms with Gasteiger partial charge in [-0.25, -0.2) is 0 Å². The van der Waals surface area contributed by atoms with Crippen LogP contribution in [0.3, 0.4) is 0 Å². The minimum atomic E-state index is -0.416. The number of nitro benzene ring substituents is 1. The number of fused-ring (bicyclic) bond motifs is 2. The van der Waals surface area contributed by atoms with E-state index in [1.807, 2.05) is 6.07 Å². The molecule has 3 saturated heterocycles. The largest absolute Gasteiger partial charge is 0.493 e. The van der Waals surface area contributed by atoms with E-state index in [4.69, 9.17) is 9.47 Å². The fourth-order valence-electron chi connectivity index (χ4n) is 4.28. The molecule has 2 unspecified atom stereocenters. The molecule has 1 N–H and O–H groups in total. The van der Waals surface area contributed by atoms with Crippen molar-refractivity contribution in [2.24, 2.45) is 11.0 Å². The molecule has 1 aromatic carbocycles. The first-order chi connectivity index (χ1) is 12.1. The van der Waals surface area contributed by atoms with Gasteiger partial charge in [0, 0.05) is 12.0 Å². The number of methoxy groups -OCH3 is 1. The standard InChI is InChI=1S/C17H22N4O4/c1-3-25-17-12(21(22)23)8-11(9-13(17)24-2)15-16-14(18-19-15)10-4-6-20(16)7-5-10/h8-10,15-16,19H,3-7H2,1-2H3. The fourth-order valence-corrected chi connectivity index (χ4v) is 4.28. The lowest BCUT2D eigenvalue weighted by molar-refractivity contribution is -0.386. The molecule has 5 rings (SSSR count). The van der Waals surface area contributed by atoms with Crippen molar-refractivity contribution in [2.75, 3.05) is 26.8 Å². The zero-order valence-electron chi connectivity index (χ0n) is 14.4. The number of nitrogens with zero attached hydrogens (tertiary/aromatic N) is 3. The summed E-state index contributed by atoms with van der Waals surface area (Å²) >= 11 is 0. The van der Waals surface area contributed by atoms with Crippen LogP contribution in [-0.4, -0.2) is 48.4 Å². The summed E-state index contributed by atoms with van der Waals surface area (Å²) < 4.78 is 10.8. The Balaban J connectivity index is 1.74. The van der Waals surface area contributed by atoms with E-state index in [9.17, 15) is 10.1 Å². The van der Waals surface area contributed by atoms with Crippen LogP contribution in [0.25, 0.3) is 0 Å². The molecule has 0 aliphatic carbocycles. The van der Waals surface area contributed by atoms with E-state index in [0.717, 1.165) is 31.5 Å². The average Bonchev–Trinajstić information content (AvgIpc) is 3.10. The van der Waals surface area contributed by atoms with E-state index in [2.05, 4.69) is 15.4 Å². The highest BCUT2D eigenvalue weighted by molar-refractivity contribution is 5.95. The number of hydrogen-bond donors (Lipinski definition) is 1. The van der Waals surface area contributed by atoms with E-state index in [-0.39, 0.29) is 23.5 Å². The average molecular weight is 346 g/mol. The number of nitrogens with one attached hydrogen (secondary N) is 1. The van der Waals surface area contributed by atoms with Crippen LogP contribution in [-0.2, 0) is 0 Å². The predicted molar refractivity (Wildman–Crippen MR) is 92.2 cm³/mol. The van der Waals surface area contributed by atoms with E-state index in [1.54, 1.807) is 13.0 Å². The number of benzene rings is 1. The number of ether oxygens (including phenoxy) is 2. The maximum Gasteiger partial charge on any atom is 0.315 e. The van der Waals surface area contributed by atoms with E-state index in [0.29, 0.717) is 18.3 Å². The van der Waals surface area contributed by atoms with Gasteiger partial charge in [0.25, 0.3) is 0 Å². The van der Waals surface area contributed by atoms with Crippen molar-refractivity contribution < 1.29 is 14.4 Å². The quantitative estimate of drug-likeness (QED) is 0.649. The van der Waals surface area contributed by atoms with Gasteiger partial charge in [-0.05, 0) is 44.5 Å². The Morgan fingerprint density at radius 2 is 2.16 bits per heavy atom. The second-order valence-electron chi connectivity index (χ2n) is 6.66. The maximum atomic E-state index is 11.6. The zero-order chi connectivity index (χ0) is 17.6. The Morgan fingerprint density at radius 3 is 2.80 bits per heavy atom. The molecule has 0 radical (unpaired) electrons. The Labute approximate surface area is 145 Å². The van der Waals surface area contributed by atoms with Crippen LogP contribution in [0.15, 0.2) is 17.2 Å². The molecule has 4 heterocycles. The van der Waals surface area contributed by atoms with E-state index >= 15 is 0 Å². The lowest BCUT2D eigenvalue weighted by Crippen LogP contribution is -2.56. The van der Waals surface area contributed by atoms with E-state index < -0.39 is 4.92 Å². The summed E-state index contributed by atoms with van der Waals surface area (Å²) in [4.78, 5) is 13.6. The van der Waals surface area contributed by atoms with Crippen molar-refractivity contribution in [3.8, 4) is 11.5 Å². The molecule has 134 valence electrons. The number of nitro groups is 1. The van der Waals surface area contributed by atoms with Gasteiger partial charge in [-0.3, -0.25) is 15.0 Å². The van der Waals surface area contributed by atoms with Crippen molar-refractivity contribution in [2.45, 2.75) is 31.8 Å². The van der Waals surface area contributed by atoms with Gasteiger partial charge >= 0.3 is 5.69 Å². The van der Waals surface area contributed by atoms with Crippen molar-refractivity contribution in [3.63, 3.8) is 0 Å². The van der Waals surface area contributed by atoms with Crippen molar-refractivity contribution >= 4 is 11.4 Å². The third-order valence-corrected chi connectivity index (χ3v) is 5.41. The highest BCUT2D eigenvalue weighted by Gasteiger charge is 2.47. The number of piperidine rings is 3. The fraction of sp³-hybridized carbons (Fsp3) is 0.588. The molecule has 8 nitrogen and oxygen atoms in total. The molecule has 2 atom stereocenters. The van der Waals surface area contributed by atoms with Gasteiger partial charge in [0.1, 0.15) is 0 Å². The molecular formula is C17H22N4O4. The van der Waals surface area contributed by atoms with Crippen molar-refractivity contribution in [1.29, 1.82) is 0 Å². The van der Waals surface area contributed by atoms with Crippen LogP contribution in [0.5, 0.6) is 11.5 Å². The predicted octanol–water partition coefficient (Wildman–Crippen LogP) is 2.10. The first-order valence-corrected chi connectivity index (χ1v) is 8.70. The second kappa shape index (κ2) is 6.18. The SMILES string of the molecule is CCOc1c(OC)cc(C2NN=C3C4CCN(CC4)C32)cc1[N+](=O)[O-]. The lowest BCUT2D eigenvalue weighted by atomic mass is 9.78. The molecule has 0 aromatic heterocycles. The van der Waals surface area contributed by atoms with Gasteiger partial charge in [-0.15, -0.1) is 0 Å². The summed E-state index contributed by atoms with van der Waals surface area (Å²) in [6, 6.07) is 3.50. The minimum absolute atomic E-state index is 0.0672. The Hall–Kier alpha value is -2.35. The lowest BCUT2D eigenvalue weighted by Gasteiger charge is -2.45. The Kier molecular flexibility index (Phi) is 3.99. The molecule has 0 amide bonds. The summed E-state index contributed by atoms with van der Waals surface area (Å²) in [5.41, 5.74) is 5.15. The molecule has 2 bridgehead atoms.